The van der Waals surface area contributed by atoms with E-state index in [0.29, 0.717) is 18.5 Å². The third kappa shape index (κ3) is 3.11. The van der Waals surface area contributed by atoms with Crippen molar-refractivity contribution in [2.75, 3.05) is 5.32 Å². The number of aromatic amines is 1. The summed E-state index contributed by atoms with van der Waals surface area (Å²) in [5.41, 5.74) is 4.35. The van der Waals surface area contributed by atoms with Crippen LogP contribution in [0.2, 0.25) is 0 Å². The van der Waals surface area contributed by atoms with Crippen molar-refractivity contribution in [2.24, 2.45) is 0 Å². The second-order valence-corrected chi connectivity index (χ2v) is 6.46. The van der Waals surface area contributed by atoms with E-state index in [9.17, 15) is 9.90 Å². The predicted octanol–water partition coefficient (Wildman–Crippen LogP) is 4.30. The predicted molar refractivity (Wildman–Crippen MR) is 103 cm³/mol. The smallest absolute Gasteiger partial charge is 0.224 e. The summed E-state index contributed by atoms with van der Waals surface area (Å²) in [5, 5.41) is 14.9. The molecule has 0 aliphatic rings. The van der Waals surface area contributed by atoms with Gasteiger partial charge in [-0.05, 0) is 43.2 Å². The largest absolute Gasteiger partial charge is 0.506 e. The molecule has 3 N–H and O–H groups in total. The van der Waals surface area contributed by atoms with Gasteiger partial charge in [-0.15, -0.1) is 0 Å². The molecule has 4 rings (SSSR count). The Balaban J connectivity index is 1.49. The fraction of sp³-hybridized carbons (Fsp3) is 0.143. The van der Waals surface area contributed by atoms with Crippen LogP contribution in [0.15, 0.2) is 54.7 Å². The van der Waals surface area contributed by atoms with E-state index in [0.717, 1.165) is 33.1 Å². The number of hydrogen-bond acceptors (Lipinski definition) is 3. The number of carbonyl (C=O) groups is 1. The van der Waals surface area contributed by atoms with Crippen LogP contribution in [-0.2, 0) is 11.2 Å². The van der Waals surface area contributed by atoms with Crippen molar-refractivity contribution in [3.8, 4) is 5.75 Å². The van der Waals surface area contributed by atoms with Crippen LogP contribution in [0.25, 0.3) is 21.8 Å². The molecule has 0 saturated carbocycles. The SMILES string of the molecule is Cc1ccc(O)c(NC(=O)CCc2cc3c(cn2)[nH]c2ccccc23)c1. The van der Waals surface area contributed by atoms with Crippen LogP contribution in [0.1, 0.15) is 17.7 Å². The van der Waals surface area contributed by atoms with Gasteiger partial charge in [-0.3, -0.25) is 9.78 Å². The molecule has 0 bridgehead atoms. The number of hydrogen-bond donors (Lipinski definition) is 3. The summed E-state index contributed by atoms with van der Waals surface area (Å²) < 4.78 is 0. The van der Waals surface area contributed by atoms with Crippen molar-refractivity contribution < 1.29 is 9.90 Å². The molecule has 0 aliphatic carbocycles. The number of amides is 1. The Labute approximate surface area is 150 Å². The molecule has 0 atom stereocenters. The zero-order valence-corrected chi connectivity index (χ0v) is 14.4. The quantitative estimate of drug-likeness (QED) is 0.483. The van der Waals surface area contributed by atoms with Crippen LogP contribution in [-0.4, -0.2) is 21.0 Å². The number of pyridine rings is 1. The van der Waals surface area contributed by atoms with E-state index in [4.69, 9.17) is 0 Å². The number of para-hydroxylation sites is 1. The molecular formula is C21H19N3O2. The molecule has 2 heterocycles. The van der Waals surface area contributed by atoms with Crippen molar-refractivity contribution in [3.63, 3.8) is 0 Å². The molecule has 2 aromatic heterocycles. The number of nitrogens with one attached hydrogen (secondary N) is 2. The minimum absolute atomic E-state index is 0.0716. The first-order valence-corrected chi connectivity index (χ1v) is 8.55. The van der Waals surface area contributed by atoms with Crippen LogP contribution in [0.4, 0.5) is 5.69 Å². The molecule has 0 radical (unpaired) electrons. The fourth-order valence-corrected chi connectivity index (χ4v) is 3.13. The number of nitrogens with zero attached hydrogens (tertiary/aromatic N) is 1. The Morgan fingerprint density at radius 1 is 1.12 bits per heavy atom. The van der Waals surface area contributed by atoms with E-state index in [-0.39, 0.29) is 11.7 Å². The van der Waals surface area contributed by atoms with Crippen molar-refractivity contribution >= 4 is 33.4 Å². The first kappa shape index (κ1) is 16.1. The summed E-state index contributed by atoms with van der Waals surface area (Å²) in [4.78, 5) is 20.0. The second kappa shape index (κ2) is 6.52. The molecule has 2 aromatic carbocycles. The molecule has 5 nitrogen and oxygen atoms in total. The number of H-pyrrole nitrogens is 1. The lowest BCUT2D eigenvalue weighted by molar-refractivity contribution is -0.116. The number of phenolic OH excluding ortho intramolecular Hbond substituents is 1. The van der Waals surface area contributed by atoms with Crippen molar-refractivity contribution in [1.29, 1.82) is 0 Å². The van der Waals surface area contributed by atoms with Gasteiger partial charge < -0.3 is 15.4 Å². The number of carbonyl (C=O) groups excluding carboxylic acids is 1. The topological polar surface area (TPSA) is 78.0 Å². The van der Waals surface area contributed by atoms with Gasteiger partial charge in [0.25, 0.3) is 0 Å². The van der Waals surface area contributed by atoms with E-state index < -0.39 is 0 Å². The van der Waals surface area contributed by atoms with Gasteiger partial charge in [0, 0.05) is 28.4 Å². The number of anilines is 1. The second-order valence-electron chi connectivity index (χ2n) is 6.46. The van der Waals surface area contributed by atoms with Crippen LogP contribution < -0.4 is 5.32 Å². The molecule has 0 aliphatic heterocycles. The molecule has 26 heavy (non-hydrogen) atoms. The zero-order valence-electron chi connectivity index (χ0n) is 14.4. The summed E-state index contributed by atoms with van der Waals surface area (Å²) >= 11 is 0. The minimum Gasteiger partial charge on any atom is -0.506 e. The average Bonchev–Trinajstić information content (AvgIpc) is 3.01. The summed E-state index contributed by atoms with van der Waals surface area (Å²) in [7, 11) is 0. The molecule has 1 amide bonds. The Morgan fingerprint density at radius 2 is 1.96 bits per heavy atom. The van der Waals surface area contributed by atoms with E-state index in [1.807, 2.05) is 37.4 Å². The molecule has 0 fully saturated rings. The standard InChI is InChI=1S/C21H19N3O2/c1-13-6-8-20(25)18(10-13)24-21(26)9-7-14-11-16-15-4-2-3-5-17(15)23-19(16)12-22-14/h2-6,8,10-12,23,25H,7,9H2,1H3,(H,24,26). The summed E-state index contributed by atoms with van der Waals surface area (Å²) in [6.45, 7) is 1.91. The highest BCUT2D eigenvalue weighted by molar-refractivity contribution is 6.07. The van der Waals surface area contributed by atoms with Crippen LogP contribution in [0.3, 0.4) is 0 Å². The van der Waals surface area contributed by atoms with Crippen LogP contribution in [0.5, 0.6) is 5.75 Å². The van der Waals surface area contributed by atoms with Gasteiger partial charge in [0.2, 0.25) is 5.91 Å². The summed E-state index contributed by atoms with van der Waals surface area (Å²) in [6, 6.07) is 15.3. The van der Waals surface area contributed by atoms with E-state index in [1.54, 1.807) is 18.2 Å². The highest BCUT2D eigenvalue weighted by Gasteiger charge is 2.09. The van der Waals surface area contributed by atoms with E-state index in [2.05, 4.69) is 21.4 Å². The number of phenols is 1. The average molecular weight is 345 g/mol. The number of aryl methyl sites for hydroxylation is 2. The lowest BCUT2D eigenvalue weighted by atomic mass is 10.1. The van der Waals surface area contributed by atoms with Gasteiger partial charge in [0.15, 0.2) is 0 Å². The van der Waals surface area contributed by atoms with Gasteiger partial charge in [-0.1, -0.05) is 24.3 Å². The number of fused-ring (bicyclic) bond motifs is 3. The lowest BCUT2D eigenvalue weighted by Crippen LogP contribution is -2.12. The third-order valence-corrected chi connectivity index (χ3v) is 4.48. The normalized spacial score (nSPS) is 11.1. The Kier molecular flexibility index (Phi) is 4.05. The van der Waals surface area contributed by atoms with Crippen LogP contribution >= 0.6 is 0 Å². The number of rotatable bonds is 4. The van der Waals surface area contributed by atoms with Gasteiger partial charge in [0.1, 0.15) is 5.75 Å². The summed E-state index contributed by atoms with van der Waals surface area (Å²) in [6.07, 6.45) is 2.65. The Bertz CT molecular complexity index is 1110. The first-order chi connectivity index (χ1) is 12.6. The minimum atomic E-state index is -0.147. The highest BCUT2D eigenvalue weighted by atomic mass is 16.3. The van der Waals surface area contributed by atoms with Gasteiger partial charge in [-0.2, -0.15) is 0 Å². The van der Waals surface area contributed by atoms with Gasteiger partial charge >= 0.3 is 0 Å². The number of aromatic nitrogens is 2. The maximum atomic E-state index is 12.2. The molecule has 4 aromatic rings. The molecule has 0 spiro atoms. The lowest BCUT2D eigenvalue weighted by Gasteiger charge is -2.08. The summed E-state index contributed by atoms with van der Waals surface area (Å²) in [5.74, 6) is -0.0750. The van der Waals surface area contributed by atoms with Gasteiger partial charge in [0.05, 0.1) is 17.4 Å². The molecular weight excluding hydrogens is 326 g/mol. The highest BCUT2D eigenvalue weighted by Crippen LogP contribution is 2.26. The van der Waals surface area contributed by atoms with Crippen molar-refractivity contribution in [3.05, 3.63) is 66.0 Å². The number of benzene rings is 2. The fourth-order valence-electron chi connectivity index (χ4n) is 3.13. The maximum Gasteiger partial charge on any atom is 0.224 e. The van der Waals surface area contributed by atoms with Crippen molar-refractivity contribution in [2.45, 2.75) is 19.8 Å². The monoisotopic (exact) mass is 345 g/mol. The molecule has 5 heteroatoms. The number of aromatic hydroxyl groups is 1. The zero-order chi connectivity index (χ0) is 18.1. The Morgan fingerprint density at radius 3 is 2.85 bits per heavy atom. The van der Waals surface area contributed by atoms with Crippen molar-refractivity contribution in [1.82, 2.24) is 9.97 Å². The molecule has 0 unspecified atom stereocenters. The third-order valence-electron chi connectivity index (χ3n) is 4.48. The maximum absolute atomic E-state index is 12.2. The first-order valence-electron chi connectivity index (χ1n) is 8.55. The Hall–Kier alpha value is -3.34. The van der Waals surface area contributed by atoms with Crippen LogP contribution in [0, 0.1) is 6.92 Å². The molecule has 130 valence electrons. The van der Waals surface area contributed by atoms with Gasteiger partial charge in [-0.25, -0.2) is 0 Å². The van der Waals surface area contributed by atoms with E-state index in [1.165, 1.54) is 0 Å². The molecule has 0 saturated heterocycles. The van der Waals surface area contributed by atoms with E-state index >= 15 is 0 Å².